The number of H-pyrrole nitrogens is 1. The maximum atomic E-state index is 11.8. The van der Waals surface area contributed by atoms with Crippen molar-refractivity contribution >= 4 is 38.5 Å². The van der Waals surface area contributed by atoms with Gasteiger partial charge in [0.05, 0.1) is 17.5 Å². The molecule has 4 aromatic rings. The number of hydrogen-bond donors (Lipinski definition) is 2. The number of anilines is 3. The Morgan fingerprint density at radius 2 is 2.00 bits per heavy atom. The second-order valence-corrected chi connectivity index (χ2v) is 8.25. The topological polar surface area (TPSA) is 109 Å². The van der Waals surface area contributed by atoms with Crippen LogP contribution in [0, 0.1) is 0 Å². The first-order chi connectivity index (χ1) is 13.3. The Morgan fingerprint density at radius 1 is 1.18 bits per heavy atom. The van der Waals surface area contributed by atoms with E-state index in [0.29, 0.717) is 23.1 Å². The Labute approximate surface area is 162 Å². The highest BCUT2D eigenvalue weighted by atomic mass is 32.2. The average molecular weight is 397 g/mol. The van der Waals surface area contributed by atoms with Crippen LogP contribution in [-0.4, -0.2) is 46.2 Å². The minimum atomic E-state index is -3.44. The molecule has 10 heteroatoms. The third-order valence-corrected chi connectivity index (χ3v) is 4.84. The maximum absolute atomic E-state index is 11.8. The molecule has 0 aliphatic rings. The van der Waals surface area contributed by atoms with Crippen LogP contribution in [0.1, 0.15) is 0 Å². The van der Waals surface area contributed by atoms with Crippen LogP contribution < -0.4 is 9.62 Å². The maximum Gasteiger partial charge on any atom is 0.229 e. The molecule has 0 saturated carbocycles. The normalized spacial score (nSPS) is 11.7. The second kappa shape index (κ2) is 6.64. The van der Waals surface area contributed by atoms with E-state index in [1.165, 1.54) is 0 Å². The summed E-state index contributed by atoms with van der Waals surface area (Å²) in [7, 11) is 0.322. The van der Waals surface area contributed by atoms with Crippen LogP contribution in [0.5, 0.6) is 0 Å². The van der Waals surface area contributed by atoms with Gasteiger partial charge in [-0.05, 0) is 30.3 Å². The standard InChI is InChI=1S/C18H19N7O2S/c1-24-8-7-20-18(24)25(2)14-10-12(9-13(11-14)23-28(3,26)27)16-21-15-5-4-6-19-17(15)22-16/h4-11,23H,1-3H3,(H,19,21,22). The molecule has 0 radical (unpaired) electrons. The van der Waals surface area contributed by atoms with E-state index in [0.717, 1.165) is 23.0 Å². The Bertz CT molecular complexity index is 1230. The smallest absolute Gasteiger partial charge is 0.229 e. The molecular formula is C18H19N7O2S. The third-order valence-electron chi connectivity index (χ3n) is 4.23. The van der Waals surface area contributed by atoms with E-state index in [-0.39, 0.29) is 0 Å². The Kier molecular flexibility index (Phi) is 4.27. The van der Waals surface area contributed by atoms with Crippen molar-refractivity contribution in [2.24, 2.45) is 7.05 Å². The van der Waals surface area contributed by atoms with Crippen molar-refractivity contribution in [2.45, 2.75) is 0 Å². The van der Waals surface area contributed by atoms with E-state index in [1.807, 2.05) is 48.0 Å². The van der Waals surface area contributed by atoms with Crippen LogP contribution in [0.15, 0.2) is 48.9 Å². The van der Waals surface area contributed by atoms with Gasteiger partial charge in [-0.1, -0.05) is 0 Å². The molecule has 0 saturated heterocycles. The molecule has 0 unspecified atom stereocenters. The van der Waals surface area contributed by atoms with Gasteiger partial charge in [0.15, 0.2) is 5.65 Å². The number of aromatic nitrogens is 5. The number of aryl methyl sites for hydroxylation is 1. The molecule has 0 aliphatic carbocycles. The minimum absolute atomic E-state index is 0.435. The number of rotatable bonds is 5. The highest BCUT2D eigenvalue weighted by Gasteiger charge is 2.15. The lowest BCUT2D eigenvalue weighted by atomic mass is 10.1. The van der Waals surface area contributed by atoms with Gasteiger partial charge in [-0.25, -0.2) is 23.4 Å². The van der Waals surface area contributed by atoms with Gasteiger partial charge in [-0.2, -0.15) is 0 Å². The van der Waals surface area contributed by atoms with E-state index in [9.17, 15) is 8.42 Å². The molecule has 0 spiro atoms. The number of nitrogens with one attached hydrogen (secondary N) is 2. The van der Waals surface area contributed by atoms with Crippen LogP contribution in [0.25, 0.3) is 22.6 Å². The van der Waals surface area contributed by atoms with Gasteiger partial charge in [0, 0.05) is 43.9 Å². The largest absolute Gasteiger partial charge is 0.337 e. The first-order valence-electron chi connectivity index (χ1n) is 8.45. The number of benzene rings is 1. The van der Waals surface area contributed by atoms with Gasteiger partial charge in [0.25, 0.3) is 0 Å². The van der Waals surface area contributed by atoms with Crippen LogP contribution >= 0.6 is 0 Å². The molecule has 1 aromatic carbocycles. The Morgan fingerprint density at radius 3 is 2.68 bits per heavy atom. The van der Waals surface area contributed by atoms with Gasteiger partial charge >= 0.3 is 0 Å². The van der Waals surface area contributed by atoms with Crippen LogP contribution in [0.4, 0.5) is 17.3 Å². The van der Waals surface area contributed by atoms with Gasteiger partial charge in [-0.3, -0.25) is 4.72 Å². The van der Waals surface area contributed by atoms with Crippen molar-refractivity contribution in [3.63, 3.8) is 0 Å². The fourth-order valence-electron chi connectivity index (χ4n) is 2.99. The summed E-state index contributed by atoms with van der Waals surface area (Å²) in [6, 6.07) is 9.11. The number of imidazole rings is 2. The van der Waals surface area contributed by atoms with Crippen molar-refractivity contribution < 1.29 is 8.42 Å². The molecule has 144 valence electrons. The van der Waals surface area contributed by atoms with Gasteiger partial charge < -0.3 is 14.5 Å². The molecular weight excluding hydrogens is 378 g/mol. The molecule has 3 aromatic heterocycles. The summed E-state index contributed by atoms with van der Waals surface area (Å²) in [5, 5.41) is 0. The lowest BCUT2D eigenvalue weighted by molar-refractivity contribution is 0.607. The second-order valence-electron chi connectivity index (χ2n) is 6.50. The number of fused-ring (bicyclic) bond motifs is 1. The van der Waals surface area contributed by atoms with Gasteiger partial charge in [-0.15, -0.1) is 0 Å². The lowest BCUT2D eigenvalue weighted by Gasteiger charge is -2.20. The summed E-state index contributed by atoms with van der Waals surface area (Å²) < 4.78 is 28.0. The van der Waals surface area contributed by atoms with Gasteiger partial charge in [0.1, 0.15) is 5.82 Å². The molecule has 2 N–H and O–H groups in total. The number of pyridine rings is 1. The molecule has 0 bridgehead atoms. The van der Waals surface area contributed by atoms with E-state index in [2.05, 4.69) is 24.7 Å². The fourth-order valence-corrected chi connectivity index (χ4v) is 3.54. The quantitative estimate of drug-likeness (QED) is 0.536. The SMILES string of the molecule is CN(c1cc(NS(C)(=O)=O)cc(-c2nc3ncccc3[nH]2)c1)c1nccn1C. The summed E-state index contributed by atoms with van der Waals surface area (Å²) in [5.74, 6) is 1.31. The van der Waals surface area contributed by atoms with Gasteiger partial charge in [0.2, 0.25) is 16.0 Å². The zero-order chi connectivity index (χ0) is 19.9. The predicted octanol–water partition coefficient (Wildman–Crippen LogP) is 2.50. The van der Waals surface area contributed by atoms with Crippen LogP contribution in [-0.2, 0) is 17.1 Å². The number of sulfonamides is 1. The zero-order valence-electron chi connectivity index (χ0n) is 15.6. The summed E-state index contributed by atoms with van der Waals surface area (Å²) in [5.41, 5.74) is 3.31. The minimum Gasteiger partial charge on any atom is -0.337 e. The van der Waals surface area contributed by atoms with Crippen molar-refractivity contribution in [1.82, 2.24) is 24.5 Å². The van der Waals surface area contributed by atoms with Crippen LogP contribution in [0.3, 0.4) is 0 Å². The van der Waals surface area contributed by atoms with E-state index < -0.39 is 10.0 Å². The molecule has 4 rings (SSSR count). The number of nitrogens with zero attached hydrogens (tertiary/aromatic N) is 5. The molecule has 0 aliphatic heterocycles. The summed E-state index contributed by atoms with van der Waals surface area (Å²) in [6.45, 7) is 0. The zero-order valence-corrected chi connectivity index (χ0v) is 16.4. The number of aromatic amines is 1. The van der Waals surface area contributed by atoms with Crippen molar-refractivity contribution in [2.75, 3.05) is 22.9 Å². The fraction of sp³-hybridized carbons (Fsp3) is 0.167. The molecule has 9 nitrogen and oxygen atoms in total. The van der Waals surface area contributed by atoms with E-state index >= 15 is 0 Å². The molecule has 0 amide bonds. The first kappa shape index (κ1) is 18.0. The Balaban J connectivity index is 1.85. The molecule has 0 fully saturated rings. The predicted molar refractivity (Wildman–Crippen MR) is 109 cm³/mol. The van der Waals surface area contributed by atoms with Crippen molar-refractivity contribution in [3.8, 4) is 11.4 Å². The van der Waals surface area contributed by atoms with Crippen LogP contribution in [0.2, 0.25) is 0 Å². The highest BCUT2D eigenvalue weighted by Crippen LogP contribution is 2.31. The van der Waals surface area contributed by atoms with Crippen molar-refractivity contribution in [1.29, 1.82) is 0 Å². The monoisotopic (exact) mass is 397 g/mol. The average Bonchev–Trinajstić information content (AvgIpc) is 3.25. The molecule has 0 atom stereocenters. The lowest BCUT2D eigenvalue weighted by Crippen LogP contribution is -2.15. The summed E-state index contributed by atoms with van der Waals surface area (Å²) in [6.07, 6.45) is 6.34. The summed E-state index contributed by atoms with van der Waals surface area (Å²) in [4.78, 5) is 18.2. The molecule has 28 heavy (non-hydrogen) atoms. The third kappa shape index (κ3) is 3.54. The van der Waals surface area contributed by atoms with E-state index in [4.69, 9.17) is 0 Å². The van der Waals surface area contributed by atoms with Crippen molar-refractivity contribution in [3.05, 3.63) is 48.9 Å². The highest BCUT2D eigenvalue weighted by molar-refractivity contribution is 7.92. The molecule has 3 heterocycles. The Hall–Kier alpha value is -3.40. The summed E-state index contributed by atoms with van der Waals surface area (Å²) >= 11 is 0. The number of hydrogen-bond acceptors (Lipinski definition) is 6. The first-order valence-corrected chi connectivity index (χ1v) is 10.3. The van der Waals surface area contributed by atoms with E-state index in [1.54, 1.807) is 24.5 Å².